The fourth-order valence-electron chi connectivity index (χ4n) is 3.69. The second-order valence-corrected chi connectivity index (χ2v) is 7.25. The minimum atomic E-state index is -0.603. The first-order valence-corrected chi connectivity index (χ1v) is 9.51. The molecule has 7 nitrogen and oxygen atoms in total. The first-order chi connectivity index (χ1) is 14.0. The molecule has 154 valence electrons. The molecule has 1 aliphatic rings. The second-order valence-electron chi connectivity index (χ2n) is 7.25. The first kappa shape index (κ1) is 20.7. The van der Waals surface area contributed by atoms with Gasteiger partial charge in [0.1, 0.15) is 12.5 Å². The molecule has 2 heterocycles. The number of aromatic nitrogens is 2. The number of halogens is 2. The highest BCUT2D eigenvalue weighted by Gasteiger charge is 2.38. The Balaban J connectivity index is 1.82. The maximum absolute atomic E-state index is 13.1. The molecule has 0 saturated carbocycles. The summed E-state index contributed by atoms with van der Waals surface area (Å²) in [5.41, 5.74) is 6.41. The number of primary amides is 1. The molecule has 0 atom stereocenters. The number of nitrogens with zero attached hydrogens (tertiary/aromatic N) is 4. The number of piperidine rings is 1. The Kier molecular flexibility index (Phi) is 6.44. The van der Waals surface area contributed by atoms with Gasteiger partial charge in [-0.2, -0.15) is 10.4 Å². The monoisotopic (exact) mass is 402 g/mol. The van der Waals surface area contributed by atoms with Crippen molar-refractivity contribution in [1.82, 2.24) is 14.7 Å². The number of alkyl halides is 1. The molecule has 3 rings (SSSR count). The molecule has 0 bridgehead atoms. The molecule has 1 aromatic carbocycles. The van der Waals surface area contributed by atoms with Gasteiger partial charge in [-0.25, -0.2) is 8.78 Å². The summed E-state index contributed by atoms with van der Waals surface area (Å²) >= 11 is 0. The van der Waals surface area contributed by atoms with Gasteiger partial charge in [-0.1, -0.05) is 0 Å². The van der Waals surface area contributed by atoms with Gasteiger partial charge in [0.05, 0.1) is 35.8 Å². The molecule has 2 aromatic rings. The number of benzene rings is 1. The van der Waals surface area contributed by atoms with E-state index in [1.54, 1.807) is 23.0 Å². The molecule has 0 unspecified atom stereocenters. The third-order valence-corrected chi connectivity index (χ3v) is 5.44. The minimum Gasteiger partial charge on any atom is -0.379 e. The lowest BCUT2D eigenvalue weighted by atomic mass is 9.85. The number of likely N-dealkylation sites (tertiary alicyclic amines) is 1. The van der Waals surface area contributed by atoms with Crippen LogP contribution in [0.4, 0.5) is 14.5 Å². The zero-order chi connectivity index (χ0) is 20.9. The predicted octanol–water partition coefficient (Wildman–Crippen LogP) is 2.41. The summed E-state index contributed by atoms with van der Waals surface area (Å²) in [6.07, 6.45) is 3.10. The average Bonchev–Trinajstić information content (AvgIpc) is 3.15. The van der Waals surface area contributed by atoms with Crippen LogP contribution in [0.15, 0.2) is 30.5 Å². The van der Waals surface area contributed by atoms with Crippen LogP contribution in [0.2, 0.25) is 0 Å². The van der Waals surface area contributed by atoms with Gasteiger partial charge in [0.25, 0.3) is 5.91 Å². The fourth-order valence-corrected chi connectivity index (χ4v) is 3.69. The van der Waals surface area contributed by atoms with Crippen molar-refractivity contribution < 1.29 is 13.6 Å². The van der Waals surface area contributed by atoms with Crippen LogP contribution in [-0.4, -0.2) is 46.9 Å². The third kappa shape index (κ3) is 4.71. The first-order valence-electron chi connectivity index (χ1n) is 9.51. The van der Waals surface area contributed by atoms with Gasteiger partial charge in [0.15, 0.2) is 0 Å². The largest absolute Gasteiger partial charge is 0.379 e. The summed E-state index contributed by atoms with van der Waals surface area (Å²) < 4.78 is 27.4. The van der Waals surface area contributed by atoms with E-state index in [9.17, 15) is 18.8 Å². The fraction of sp³-hybridized carbons (Fsp3) is 0.450. The van der Waals surface area contributed by atoms with Gasteiger partial charge in [0.2, 0.25) is 0 Å². The molecule has 0 spiro atoms. The summed E-state index contributed by atoms with van der Waals surface area (Å²) in [5.74, 6) is -0.940. The molecular formula is C20H24F2N6O. The number of anilines is 1. The molecule has 3 N–H and O–H groups in total. The van der Waals surface area contributed by atoms with Gasteiger partial charge in [-0.3, -0.25) is 9.48 Å². The summed E-state index contributed by atoms with van der Waals surface area (Å²) in [6, 6.07) is 8.08. The van der Waals surface area contributed by atoms with Crippen LogP contribution in [0.5, 0.6) is 0 Å². The van der Waals surface area contributed by atoms with E-state index in [1.165, 1.54) is 12.1 Å². The van der Waals surface area contributed by atoms with E-state index in [0.29, 0.717) is 43.9 Å². The number of rotatable bonds is 8. The average molecular weight is 402 g/mol. The van der Waals surface area contributed by atoms with Gasteiger partial charge in [0, 0.05) is 31.5 Å². The smallest absolute Gasteiger partial charge is 0.252 e. The molecular weight excluding hydrogens is 378 g/mol. The number of hydrogen-bond donors (Lipinski definition) is 2. The van der Waals surface area contributed by atoms with Gasteiger partial charge < -0.3 is 16.0 Å². The Bertz CT molecular complexity index is 881. The number of amides is 1. The van der Waals surface area contributed by atoms with E-state index in [2.05, 4.69) is 16.5 Å². The number of nitrogens with two attached hydrogens (primary N) is 1. The lowest BCUT2D eigenvalue weighted by molar-refractivity contribution is 0.0965. The predicted molar refractivity (Wildman–Crippen MR) is 104 cm³/mol. The Morgan fingerprint density at radius 3 is 2.59 bits per heavy atom. The number of hydrogen-bond acceptors (Lipinski definition) is 5. The van der Waals surface area contributed by atoms with Crippen LogP contribution in [0.25, 0.3) is 0 Å². The van der Waals surface area contributed by atoms with Gasteiger partial charge in [-0.05, 0) is 37.1 Å². The topological polar surface area (TPSA) is 100.0 Å². The van der Waals surface area contributed by atoms with Crippen LogP contribution in [0, 0.1) is 17.1 Å². The van der Waals surface area contributed by atoms with Crippen molar-refractivity contribution in [3.8, 4) is 6.07 Å². The third-order valence-electron chi connectivity index (χ3n) is 5.44. The molecule has 1 amide bonds. The van der Waals surface area contributed by atoms with Crippen LogP contribution in [-0.2, 0) is 12.1 Å². The van der Waals surface area contributed by atoms with Crippen molar-refractivity contribution in [1.29, 1.82) is 5.26 Å². The van der Waals surface area contributed by atoms with E-state index >= 15 is 0 Å². The maximum Gasteiger partial charge on any atom is 0.252 e. The number of carbonyl (C=O) groups is 1. The number of nitriles is 1. The van der Waals surface area contributed by atoms with Crippen molar-refractivity contribution in [2.45, 2.75) is 31.3 Å². The summed E-state index contributed by atoms with van der Waals surface area (Å²) in [4.78, 5) is 14.0. The molecule has 9 heteroatoms. The highest BCUT2D eigenvalue weighted by atomic mass is 19.1. The standard InChI is InChI=1S/C20H24F2N6O/c21-8-12-27-10-6-20(5-9-23,7-11-27)28-14-17(19(24)29)18(26-28)13-25-16-3-1-15(22)2-4-16/h1-4,14,25H,5-8,10-13H2,(H2,24,29). The van der Waals surface area contributed by atoms with Crippen LogP contribution in [0.1, 0.15) is 35.3 Å². The normalized spacial score (nSPS) is 16.3. The molecule has 1 aliphatic heterocycles. The minimum absolute atomic E-state index is 0.230. The lowest BCUT2D eigenvalue weighted by Gasteiger charge is -2.40. The zero-order valence-corrected chi connectivity index (χ0v) is 16.1. The maximum atomic E-state index is 13.1. The van der Waals surface area contributed by atoms with Crippen LogP contribution >= 0.6 is 0 Å². The molecule has 1 aromatic heterocycles. The Morgan fingerprint density at radius 2 is 2.00 bits per heavy atom. The molecule has 0 aliphatic carbocycles. The van der Waals surface area contributed by atoms with Gasteiger partial charge in [-0.15, -0.1) is 0 Å². The van der Waals surface area contributed by atoms with Crippen LogP contribution in [0.3, 0.4) is 0 Å². The van der Waals surface area contributed by atoms with Crippen LogP contribution < -0.4 is 11.1 Å². The summed E-state index contributed by atoms with van der Waals surface area (Å²) in [6.45, 7) is 1.51. The van der Waals surface area contributed by atoms with Crippen molar-refractivity contribution in [3.05, 3.63) is 47.5 Å². The lowest BCUT2D eigenvalue weighted by Crippen LogP contribution is -2.46. The zero-order valence-electron chi connectivity index (χ0n) is 16.1. The summed E-state index contributed by atoms with van der Waals surface area (Å²) in [7, 11) is 0. The highest BCUT2D eigenvalue weighted by molar-refractivity contribution is 5.93. The molecule has 1 saturated heterocycles. The number of nitrogens with one attached hydrogen (secondary N) is 1. The van der Waals surface area contributed by atoms with Crippen molar-refractivity contribution in [2.24, 2.45) is 5.73 Å². The highest BCUT2D eigenvalue weighted by Crippen LogP contribution is 2.33. The van der Waals surface area contributed by atoms with E-state index < -0.39 is 18.1 Å². The Morgan fingerprint density at radius 1 is 1.31 bits per heavy atom. The van der Waals surface area contributed by atoms with E-state index in [1.807, 2.05) is 4.90 Å². The SMILES string of the molecule is N#CCC1(n2cc(C(N)=O)c(CNc3ccc(F)cc3)n2)CCN(CCF)CC1. The second kappa shape index (κ2) is 9.01. The van der Waals surface area contributed by atoms with E-state index in [-0.39, 0.29) is 24.3 Å². The quantitative estimate of drug-likeness (QED) is 0.706. The van der Waals surface area contributed by atoms with Crippen molar-refractivity contribution >= 4 is 11.6 Å². The Labute approximate surface area is 168 Å². The van der Waals surface area contributed by atoms with Crippen molar-refractivity contribution in [2.75, 3.05) is 31.6 Å². The van der Waals surface area contributed by atoms with E-state index in [0.717, 1.165) is 0 Å². The molecule has 1 fully saturated rings. The molecule has 0 radical (unpaired) electrons. The molecule has 29 heavy (non-hydrogen) atoms. The van der Waals surface area contributed by atoms with E-state index in [4.69, 9.17) is 5.73 Å². The Hall–Kier alpha value is -2.99. The summed E-state index contributed by atoms with van der Waals surface area (Å²) in [5, 5.41) is 17.1. The van der Waals surface area contributed by atoms with Gasteiger partial charge >= 0.3 is 0 Å². The number of carbonyl (C=O) groups excluding carboxylic acids is 1. The van der Waals surface area contributed by atoms with Crippen molar-refractivity contribution in [3.63, 3.8) is 0 Å².